The molecule has 4 N–H and O–H groups in total. The van der Waals surface area contributed by atoms with Crippen LogP contribution < -0.4 is 5.32 Å². The molecule has 0 aliphatic carbocycles. The number of carbonyl (C=O) groups is 1. The molecule has 0 bridgehead atoms. The molecule has 0 spiro atoms. The molecule has 0 saturated heterocycles. The van der Waals surface area contributed by atoms with E-state index in [9.17, 15) is 20.1 Å². The molecule has 0 aromatic heterocycles. The van der Waals surface area contributed by atoms with E-state index in [-0.39, 0.29) is 18.9 Å². The van der Waals surface area contributed by atoms with Crippen molar-refractivity contribution in [1.29, 1.82) is 0 Å². The highest BCUT2D eigenvalue weighted by molar-refractivity contribution is 5.76. The van der Waals surface area contributed by atoms with Gasteiger partial charge >= 0.3 is 0 Å². The van der Waals surface area contributed by atoms with Gasteiger partial charge in [-0.3, -0.25) is 4.79 Å². The van der Waals surface area contributed by atoms with Crippen LogP contribution >= 0.6 is 0 Å². The standard InChI is InChI=1S/C52H103NO4/c1-3-5-7-9-11-13-15-17-19-21-23-24-25-26-27-28-29-31-33-35-37-39-41-43-45-49(55)47-52(57)53-50(48-54)51(56)46-44-42-40-38-36-34-32-30-22-20-18-16-14-12-10-8-6-4-2/h26-27,49-51,54-56H,3-25,28-48H2,1-2H3,(H,53,57)/b27-26-. The second-order valence-electron chi connectivity index (χ2n) is 18.1. The van der Waals surface area contributed by atoms with E-state index >= 15 is 0 Å². The minimum atomic E-state index is -0.748. The third-order valence-corrected chi connectivity index (χ3v) is 12.3. The number of allylic oxidation sites excluding steroid dienone is 2. The Kier molecular flexibility index (Phi) is 47.0. The van der Waals surface area contributed by atoms with Crippen LogP contribution in [0, 0.1) is 0 Å². The zero-order chi connectivity index (χ0) is 41.5. The summed E-state index contributed by atoms with van der Waals surface area (Å²) in [5, 5.41) is 33.6. The normalized spacial score (nSPS) is 13.4. The second kappa shape index (κ2) is 47.8. The molecule has 3 atom stereocenters. The first kappa shape index (κ1) is 56.1. The van der Waals surface area contributed by atoms with Gasteiger partial charge in [0.1, 0.15) is 0 Å². The molecule has 0 aromatic carbocycles. The molecule has 0 heterocycles. The maximum absolute atomic E-state index is 12.5. The fraction of sp³-hybridized carbons (Fsp3) is 0.942. The molecule has 0 saturated carbocycles. The molecule has 0 rings (SSSR count). The minimum Gasteiger partial charge on any atom is -0.394 e. The molecule has 57 heavy (non-hydrogen) atoms. The second-order valence-corrected chi connectivity index (χ2v) is 18.1. The average Bonchev–Trinajstić information content (AvgIpc) is 3.20. The van der Waals surface area contributed by atoms with Crippen LogP contribution in [-0.4, -0.2) is 46.1 Å². The van der Waals surface area contributed by atoms with Crippen molar-refractivity contribution in [3.8, 4) is 0 Å². The van der Waals surface area contributed by atoms with E-state index in [0.29, 0.717) is 12.8 Å². The highest BCUT2D eigenvalue weighted by Gasteiger charge is 2.21. The van der Waals surface area contributed by atoms with E-state index in [2.05, 4.69) is 31.3 Å². The first-order chi connectivity index (χ1) is 28.0. The van der Waals surface area contributed by atoms with E-state index in [1.807, 2.05) is 0 Å². The van der Waals surface area contributed by atoms with Gasteiger partial charge in [-0.05, 0) is 38.5 Å². The molecule has 3 unspecified atom stereocenters. The molecule has 0 aromatic rings. The van der Waals surface area contributed by atoms with E-state index in [0.717, 1.165) is 25.7 Å². The molecular formula is C52H103NO4. The zero-order valence-corrected chi connectivity index (χ0v) is 38.7. The summed E-state index contributed by atoms with van der Waals surface area (Å²) in [6.07, 6.45) is 57.7. The van der Waals surface area contributed by atoms with Crippen LogP contribution in [0.3, 0.4) is 0 Å². The number of aliphatic hydroxyl groups is 3. The molecule has 0 radical (unpaired) electrons. The number of amides is 1. The summed E-state index contributed by atoms with van der Waals surface area (Å²) in [5.74, 6) is -0.280. The zero-order valence-electron chi connectivity index (χ0n) is 38.7. The van der Waals surface area contributed by atoms with Crippen LogP contribution in [0.5, 0.6) is 0 Å². The van der Waals surface area contributed by atoms with Gasteiger partial charge in [0.05, 0.1) is 31.3 Å². The smallest absolute Gasteiger partial charge is 0.222 e. The number of carbonyl (C=O) groups excluding carboxylic acids is 1. The largest absolute Gasteiger partial charge is 0.394 e. The summed E-state index contributed by atoms with van der Waals surface area (Å²) in [6.45, 7) is 4.29. The Labute approximate surface area is 357 Å². The van der Waals surface area contributed by atoms with Gasteiger partial charge in [-0.15, -0.1) is 0 Å². The maximum Gasteiger partial charge on any atom is 0.222 e. The van der Waals surface area contributed by atoms with Crippen molar-refractivity contribution in [2.24, 2.45) is 0 Å². The molecule has 0 aliphatic rings. The van der Waals surface area contributed by atoms with Gasteiger partial charge in [0.15, 0.2) is 0 Å². The summed E-state index contributed by atoms with van der Waals surface area (Å²) >= 11 is 0. The van der Waals surface area contributed by atoms with Gasteiger partial charge in [-0.2, -0.15) is 0 Å². The third kappa shape index (κ3) is 44.5. The Bertz CT molecular complexity index is 803. The number of hydrogen-bond acceptors (Lipinski definition) is 4. The first-order valence-corrected chi connectivity index (χ1v) is 26.0. The van der Waals surface area contributed by atoms with Crippen molar-refractivity contribution < 1.29 is 20.1 Å². The SMILES string of the molecule is CCCCCCCCCCCCCC/C=C\CCCCCCCCCCC(O)CC(=O)NC(CO)C(O)CCCCCCCCCCCCCCCCCCCC. The Hall–Kier alpha value is -0.910. The van der Waals surface area contributed by atoms with E-state index in [1.165, 1.54) is 231 Å². The lowest BCUT2D eigenvalue weighted by Crippen LogP contribution is -2.46. The van der Waals surface area contributed by atoms with Crippen LogP contribution in [0.15, 0.2) is 12.2 Å². The third-order valence-electron chi connectivity index (χ3n) is 12.3. The van der Waals surface area contributed by atoms with Crippen molar-refractivity contribution in [2.75, 3.05) is 6.61 Å². The molecular weight excluding hydrogens is 703 g/mol. The van der Waals surface area contributed by atoms with Gasteiger partial charge in [-0.25, -0.2) is 0 Å². The summed E-state index contributed by atoms with van der Waals surface area (Å²) < 4.78 is 0. The van der Waals surface area contributed by atoms with Crippen molar-refractivity contribution in [1.82, 2.24) is 5.32 Å². The first-order valence-electron chi connectivity index (χ1n) is 26.0. The topological polar surface area (TPSA) is 89.8 Å². The Morgan fingerprint density at radius 2 is 0.702 bits per heavy atom. The molecule has 1 amide bonds. The molecule has 340 valence electrons. The quantitative estimate of drug-likeness (QED) is 0.0364. The Morgan fingerprint density at radius 3 is 1.02 bits per heavy atom. The molecule has 5 heteroatoms. The fourth-order valence-corrected chi connectivity index (χ4v) is 8.34. The molecule has 5 nitrogen and oxygen atoms in total. The van der Waals surface area contributed by atoms with Crippen molar-refractivity contribution >= 4 is 5.91 Å². The Balaban J connectivity index is 3.54. The van der Waals surface area contributed by atoms with E-state index < -0.39 is 18.2 Å². The number of hydrogen-bond donors (Lipinski definition) is 4. The average molecular weight is 806 g/mol. The number of aliphatic hydroxyl groups excluding tert-OH is 3. The van der Waals surface area contributed by atoms with Gasteiger partial charge in [0.2, 0.25) is 5.91 Å². The van der Waals surface area contributed by atoms with Crippen LogP contribution in [0.4, 0.5) is 0 Å². The number of rotatable bonds is 48. The van der Waals surface area contributed by atoms with Gasteiger partial charge < -0.3 is 20.6 Å². The van der Waals surface area contributed by atoms with Crippen molar-refractivity contribution in [2.45, 2.75) is 308 Å². The predicted octanol–water partition coefficient (Wildman–Crippen LogP) is 15.6. The van der Waals surface area contributed by atoms with Crippen LogP contribution in [-0.2, 0) is 4.79 Å². The summed E-state index contributed by atoms with van der Waals surface area (Å²) in [5.41, 5.74) is 0. The minimum absolute atomic E-state index is 0.0379. The maximum atomic E-state index is 12.5. The van der Waals surface area contributed by atoms with Crippen LogP contribution in [0.1, 0.15) is 290 Å². The summed E-state index contributed by atoms with van der Waals surface area (Å²) in [6, 6.07) is -0.657. The van der Waals surface area contributed by atoms with E-state index in [4.69, 9.17) is 0 Å². The number of unbranched alkanes of at least 4 members (excludes halogenated alkanes) is 37. The number of nitrogens with one attached hydrogen (secondary N) is 1. The fourth-order valence-electron chi connectivity index (χ4n) is 8.34. The lowest BCUT2D eigenvalue weighted by Gasteiger charge is -2.23. The van der Waals surface area contributed by atoms with Gasteiger partial charge in [0, 0.05) is 0 Å². The Morgan fingerprint density at radius 1 is 0.421 bits per heavy atom. The predicted molar refractivity (Wildman–Crippen MR) is 250 cm³/mol. The highest BCUT2D eigenvalue weighted by atomic mass is 16.3. The van der Waals surface area contributed by atoms with Crippen LogP contribution in [0.25, 0.3) is 0 Å². The molecule has 0 aliphatic heterocycles. The lowest BCUT2D eigenvalue weighted by atomic mass is 10.0. The highest BCUT2D eigenvalue weighted by Crippen LogP contribution is 2.17. The summed E-state index contributed by atoms with van der Waals surface area (Å²) in [7, 11) is 0. The van der Waals surface area contributed by atoms with Gasteiger partial charge in [0.25, 0.3) is 0 Å². The van der Waals surface area contributed by atoms with Crippen molar-refractivity contribution in [3.05, 3.63) is 12.2 Å². The van der Waals surface area contributed by atoms with Crippen LogP contribution in [0.2, 0.25) is 0 Å². The monoisotopic (exact) mass is 806 g/mol. The molecule has 0 fully saturated rings. The van der Waals surface area contributed by atoms with Crippen molar-refractivity contribution in [3.63, 3.8) is 0 Å². The van der Waals surface area contributed by atoms with Gasteiger partial charge in [-0.1, -0.05) is 257 Å². The lowest BCUT2D eigenvalue weighted by molar-refractivity contribution is -0.125. The summed E-state index contributed by atoms with van der Waals surface area (Å²) in [4.78, 5) is 12.5. The van der Waals surface area contributed by atoms with E-state index in [1.54, 1.807) is 0 Å².